The lowest BCUT2D eigenvalue weighted by molar-refractivity contribution is -0.886. The quantitative estimate of drug-likeness (QED) is 0.699. The van der Waals surface area contributed by atoms with Gasteiger partial charge >= 0.3 is 0 Å². The number of carbonyl (C=O) groups is 1. The number of rotatable bonds is 6. The molecule has 0 bridgehead atoms. The van der Waals surface area contributed by atoms with E-state index in [1.54, 1.807) is 4.90 Å². The average molecular weight is 392 g/mol. The Morgan fingerprint density at radius 2 is 1.81 bits per heavy atom. The number of quaternary nitrogens is 1. The molecule has 7 nitrogen and oxygen atoms in total. The summed E-state index contributed by atoms with van der Waals surface area (Å²) in [5.74, 6) is -0.0741. The van der Waals surface area contributed by atoms with Crippen LogP contribution in [0.4, 0.5) is 0 Å². The van der Waals surface area contributed by atoms with Gasteiger partial charge in [-0.25, -0.2) is 8.42 Å². The second-order valence-electron chi connectivity index (χ2n) is 7.31. The van der Waals surface area contributed by atoms with Crippen molar-refractivity contribution >= 4 is 15.9 Å². The standard InChI is InChI=1S/C19H26N4O3S/c20-15-16-3-5-18(6-4-16)27(25,26)23-12-7-17(8-13-23)19(24)21-9-14-22-10-1-2-11-22/h3-6,17H,1-2,7-14H2,(H,21,24)/p+1. The maximum atomic E-state index is 12.7. The molecule has 0 aromatic heterocycles. The van der Waals surface area contributed by atoms with Gasteiger partial charge in [0.25, 0.3) is 0 Å². The van der Waals surface area contributed by atoms with Crippen molar-refractivity contribution in [3.63, 3.8) is 0 Å². The van der Waals surface area contributed by atoms with Crippen molar-refractivity contribution in [3.8, 4) is 6.07 Å². The molecular weight excluding hydrogens is 364 g/mol. The molecule has 2 heterocycles. The summed E-state index contributed by atoms with van der Waals surface area (Å²) >= 11 is 0. The van der Waals surface area contributed by atoms with E-state index in [2.05, 4.69) is 5.32 Å². The summed E-state index contributed by atoms with van der Waals surface area (Å²) in [5, 5.41) is 11.9. The van der Waals surface area contributed by atoms with Gasteiger partial charge < -0.3 is 10.2 Å². The molecule has 2 aliphatic rings. The number of nitrogens with one attached hydrogen (secondary N) is 2. The van der Waals surface area contributed by atoms with E-state index in [-0.39, 0.29) is 16.7 Å². The maximum absolute atomic E-state index is 12.7. The molecule has 1 aromatic carbocycles. The van der Waals surface area contributed by atoms with Gasteiger partial charge in [-0.3, -0.25) is 4.79 Å². The van der Waals surface area contributed by atoms with Crippen molar-refractivity contribution < 1.29 is 18.1 Å². The lowest BCUT2D eigenvalue weighted by Gasteiger charge is -2.30. The fraction of sp³-hybridized carbons (Fsp3) is 0.579. The molecule has 2 fully saturated rings. The maximum Gasteiger partial charge on any atom is 0.243 e. The fourth-order valence-electron chi connectivity index (χ4n) is 3.84. The van der Waals surface area contributed by atoms with E-state index in [0.29, 0.717) is 38.0 Å². The molecule has 2 aliphatic heterocycles. The van der Waals surface area contributed by atoms with E-state index in [9.17, 15) is 13.2 Å². The Labute approximate surface area is 161 Å². The van der Waals surface area contributed by atoms with Crippen LogP contribution in [0.1, 0.15) is 31.2 Å². The number of hydrogen-bond acceptors (Lipinski definition) is 4. The minimum absolute atomic E-state index is 0.0454. The Morgan fingerprint density at radius 1 is 1.19 bits per heavy atom. The van der Waals surface area contributed by atoms with Crippen LogP contribution in [0.25, 0.3) is 0 Å². The number of sulfonamides is 1. The Morgan fingerprint density at radius 3 is 2.41 bits per heavy atom. The van der Waals surface area contributed by atoms with E-state index < -0.39 is 10.0 Å². The van der Waals surface area contributed by atoms with Crippen LogP contribution in [0, 0.1) is 17.2 Å². The third-order valence-corrected chi connectivity index (χ3v) is 7.45. The third kappa shape index (κ3) is 4.86. The van der Waals surface area contributed by atoms with Gasteiger partial charge in [0.05, 0.1) is 42.7 Å². The highest BCUT2D eigenvalue weighted by molar-refractivity contribution is 7.89. The molecule has 0 spiro atoms. The lowest BCUT2D eigenvalue weighted by Crippen LogP contribution is -3.10. The van der Waals surface area contributed by atoms with Gasteiger partial charge in [-0.15, -0.1) is 0 Å². The van der Waals surface area contributed by atoms with Gasteiger partial charge in [-0.1, -0.05) is 0 Å². The summed E-state index contributed by atoms with van der Waals surface area (Å²) in [5.41, 5.74) is 0.431. The van der Waals surface area contributed by atoms with E-state index >= 15 is 0 Å². The van der Waals surface area contributed by atoms with Crippen LogP contribution in [0.5, 0.6) is 0 Å². The SMILES string of the molecule is N#Cc1ccc(S(=O)(=O)N2CCC(C(=O)NCC[NH+]3CCCC3)CC2)cc1. The first kappa shape index (κ1) is 19.8. The molecule has 1 aromatic rings. The van der Waals surface area contributed by atoms with Gasteiger partial charge in [0, 0.05) is 31.8 Å². The van der Waals surface area contributed by atoms with Crippen LogP contribution in [0.3, 0.4) is 0 Å². The Kier molecular flexibility index (Phi) is 6.47. The van der Waals surface area contributed by atoms with E-state index in [0.717, 1.165) is 6.54 Å². The van der Waals surface area contributed by atoms with E-state index in [1.165, 1.54) is 54.5 Å². The number of piperidine rings is 1. The number of nitriles is 1. The number of nitrogens with zero attached hydrogens (tertiary/aromatic N) is 2. The predicted octanol–water partition coefficient (Wildman–Crippen LogP) is -0.246. The van der Waals surface area contributed by atoms with E-state index in [1.807, 2.05) is 6.07 Å². The molecule has 27 heavy (non-hydrogen) atoms. The zero-order chi connectivity index (χ0) is 19.3. The van der Waals surface area contributed by atoms with Crippen molar-refractivity contribution in [1.82, 2.24) is 9.62 Å². The highest BCUT2D eigenvalue weighted by atomic mass is 32.2. The molecule has 3 rings (SSSR count). The van der Waals surface area contributed by atoms with Crippen molar-refractivity contribution in [2.24, 2.45) is 5.92 Å². The molecule has 0 unspecified atom stereocenters. The molecule has 0 atom stereocenters. The zero-order valence-corrected chi connectivity index (χ0v) is 16.3. The third-order valence-electron chi connectivity index (χ3n) is 5.53. The molecule has 2 saturated heterocycles. The number of hydrogen-bond donors (Lipinski definition) is 2. The highest BCUT2D eigenvalue weighted by Crippen LogP contribution is 2.24. The monoisotopic (exact) mass is 391 g/mol. The second-order valence-corrected chi connectivity index (χ2v) is 9.25. The number of carbonyl (C=O) groups excluding carboxylic acids is 1. The van der Waals surface area contributed by atoms with Crippen molar-refractivity contribution in [3.05, 3.63) is 29.8 Å². The highest BCUT2D eigenvalue weighted by Gasteiger charge is 2.32. The number of likely N-dealkylation sites (tertiary alicyclic amines) is 1. The van der Waals surface area contributed by atoms with E-state index in [4.69, 9.17) is 5.26 Å². The number of benzene rings is 1. The van der Waals surface area contributed by atoms with Gasteiger partial charge in [0.2, 0.25) is 15.9 Å². The average Bonchev–Trinajstić information content (AvgIpc) is 3.21. The first-order valence-electron chi connectivity index (χ1n) is 9.62. The fourth-order valence-corrected chi connectivity index (χ4v) is 5.31. The smallest absolute Gasteiger partial charge is 0.243 e. The Balaban J connectivity index is 1.48. The Hall–Kier alpha value is -1.95. The van der Waals surface area contributed by atoms with Gasteiger partial charge in [-0.05, 0) is 37.1 Å². The van der Waals surface area contributed by atoms with Gasteiger partial charge in [-0.2, -0.15) is 9.57 Å². The molecule has 0 saturated carbocycles. The van der Waals surface area contributed by atoms with Crippen LogP contribution >= 0.6 is 0 Å². The summed E-state index contributed by atoms with van der Waals surface area (Å²) in [6, 6.07) is 7.93. The first-order chi connectivity index (χ1) is 13.0. The van der Waals surface area contributed by atoms with Gasteiger partial charge in [0.1, 0.15) is 0 Å². The zero-order valence-electron chi connectivity index (χ0n) is 15.5. The molecule has 146 valence electrons. The summed E-state index contributed by atoms with van der Waals surface area (Å²) < 4.78 is 26.9. The molecule has 8 heteroatoms. The summed E-state index contributed by atoms with van der Waals surface area (Å²) in [4.78, 5) is 14.1. The van der Waals surface area contributed by atoms with Crippen LogP contribution in [0.15, 0.2) is 29.2 Å². The molecule has 2 N–H and O–H groups in total. The number of amides is 1. The molecular formula is C19H27N4O3S+. The van der Waals surface area contributed by atoms with Crippen molar-refractivity contribution in [1.29, 1.82) is 5.26 Å². The van der Waals surface area contributed by atoms with Crippen LogP contribution in [0.2, 0.25) is 0 Å². The molecule has 1 amide bonds. The van der Waals surface area contributed by atoms with Crippen LogP contribution in [-0.2, 0) is 14.8 Å². The largest absolute Gasteiger partial charge is 0.350 e. The lowest BCUT2D eigenvalue weighted by atomic mass is 9.97. The Bertz CT molecular complexity index is 787. The van der Waals surface area contributed by atoms with Crippen molar-refractivity contribution in [2.75, 3.05) is 39.3 Å². The first-order valence-corrected chi connectivity index (χ1v) is 11.1. The van der Waals surface area contributed by atoms with Crippen molar-refractivity contribution in [2.45, 2.75) is 30.6 Å². The van der Waals surface area contributed by atoms with Crippen LogP contribution in [-0.4, -0.2) is 57.9 Å². The second kappa shape index (κ2) is 8.83. The van der Waals surface area contributed by atoms with Crippen LogP contribution < -0.4 is 10.2 Å². The topological polar surface area (TPSA) is 94.7 Å². The molecule has 0 aliphatic carbocycles. The molecule has 0 radical (unpaired) electrons. The normalized spacial score (nSPS) is 19.7. The predicted molar refractivity (Wildman–Crippen MR) is 100 cm³/mol. The minimum Gasteiger partial charge on any atom is -0.350 e. The summed E-state index contributed by atoms with van der Waals surface area (Å²) in [6.45, 7) is 4.74. The summed E-state index contributed by atoms with van der Waals surface area (Å²) in [7, 11) is -3.58. The minimum atomic E-state index is -3.58. The van der Waals surface area contributed by atoms with Gasteiger partial charge in [0.15, 0.2) is 0 Å². The summed E-state index contributed by atoms with van der Waals surface area (Å²) in [6.07, 6.45) is 3.63.